The molecule has 2 heterocycles. The zero-order valence-corrected chi connectivity index (χ0v) is 14.9. The van der Waals surface area contributed by atoms with Gasteiger partial charge < -0.3 is 20.4 Å². The minimum atomic E-state index is -0.677. The van der Waals surface area contributed by atoms with E-state index in [0.717, 1.165) is 16.5 Å². The molecule has 1 aliphatic rings. The van der Waals surface area contributed by atoms with Gasteiger partial charge in [-0.15, -0.1) is 0 Å². The van der Waals surface area contributed by atoms with E-state index in [4.69, 9.17) is 4.74 Å². The lowest BCUT2D eigenvalue weighted by Gasteiger charge is -2.35. The highest BCUT2D eigenvalue weighted by molar-refractivity contribution is 6.40. The molecule has 1 aromatic carbocycles. The molecule has 0 unspecified atom stereocenters. The van der Waals surface area contributed by atoms with Crippen LogP contribution in [-0.2, 0) is 9.59 Å². The van der Waals surface area contributed by atoms with Crippen LogP contribution in [0.5, 0.6) is 5.88 Å². The molecule has 3 aromatic rings. The number of benzene rings is 1. The van der Waals surface area contributed by atoms with Crippen LogP contribution in [0.3, 0.4) is 0 Å². The smallest absolute Gasteiger partial charge is 0.313 e. The van der Waals surface area contributed by atoms with Crippen LogP contribution in [0, 0.1) is 6.92 Å². The van der Waals surface area contributed by atoms with Gasteiger partial charge in [-0.1, -0.05) is 24.3 Å². The predicted octanol–water partition coefficient (Wildman–Crippen LogP) is 2.54. The Morgan fingerprint density at radius 2 is 1.96 bits per heavy atom. The number of para-hydroxylation sites is 1. The van der Waals surface area contributed by atoms with Crippen molar-refractivity contribution in [2.75, 3.05) is 5.32 Å². The summed E-state index contributed by atoms with van der Waals surface area (Å²) in [5, 5.41) is 6.25. The minimum absolute atomic E-state index is 0.00202. The summed E-state index contributed by atoms with van der Waals surface area (Å²) in [4.78, 5) is 31.5. The Balaban J connectivity index is 1.26. The van der Waals surface area contributed by atoms with Gasteiger partial charge in [0.05, 0.1) is 5.69 Å². The number of aryl methyl sites for hydroxylation is 1. The molecule has 0 radical (unpaired) electrons. The summed E-state index contributed by atoms with van der Waals surface area (Å²) in [5.41, 5.74) is 2.56. The van der Waals surface area contributed by atoms with Gasteiger partial charge in [0, 0.05) is 48.2 Å². The number of amides is 2. The number of pyridine rings is 1. The number of hydrogen-bond donors (Lipinski definition) is 3. The molecule has 1 saturated carbocycles. The van der Waals surface area contributed by atoms with Crippen molar-refractivity contribution in [1.29, 1.82) is 0 Å². The summed E-state index contributed by atoms with van der Waals surface area (Å²) in [7, 11) is 0. The van der Waals surface area contributed by atoms with Crippen LogP contribution in [0.15, 0.2) is 48.8 Å². The van der Waals surface area contributed by atoms with Gasteiger partial charge in [0.25, 0.3) is 0 Å². The van der Waals surface area contributed by atoms with E-state index >= 15 is 0 Å². The van der Waals surface area contributed by atoms with Gasteiger partial charge in [-0.2, -0.15) is 0 Å². The van der Waals surface area contributed by atoms with Gasteiger partial charge >= 0.3 is 11.8 Å². The normalized spacial score (nSPS) is 18.6. The van der Waals surface area contributed by atoms with Crippen molar-refractivity contribution in [3.63, 3.8) is 0 Å². The molecule has 4 rings (SSSR count). The third kappa shape index (κ3) is 3.76. The summed E-state index contributed by atoms with van der Waals surface area (Å²) in [5.74, 6) is -0.742. The van der Waals surface area contributed by atoms with Crippen molar-refractivity contribution in [2.45, 2.75) is 31.9 Å². The topological polar surface area (TPSA) is 96.1 Å². The maximum Gasteiger partial charge on any atom is 0.313 e. The van der Waals surface area contributed by atoms with E-state index in [1.807, 2.05) is 43.3 Å². The molecule has 2 amide bonds. The molecule has 0 aliphatic heterocycles. The number of H-pyrrole nitrogens is 1. The number of nitrogens with one attached hydrogen (secondary N) is 3. The number of nitrogens with zero attached hydrogens (tertiary/aromatic N) is 1. The number of ether oxygens (including phenoxy) is 1. The number of carbonyl (C=O) groups excluding carboxylic acids is 2. The van der Waals surface area contributed by atoms with Crippen LogP contribution in [0.4, 0.5) is 5.69 Å². The molecule has 1 fully saturated rings. The van der Waals surface area contributed by atoms with Crippen molar-refractivity contribution in [3.8, 4) is 5.88 Å². The fourth-order valence-corrected chi connectivity index (χ4v) is 3.08. The summed E-state index contributed by atoms with van der Waals surface area (Å²) < 4.78 is 5.74. The van der Waals surface area contributed by atoms with Crippen LogP contribution in [0.2, 0.25) is 0 Å². The van der Waals surface area contributed by atoms with E-state index in [1.54, 1.807) is 12.4 Å². The van der Waals surface area contributed by atoms with Crippen LogP contribution >= 0.6 is 0 Å². The first-order chi connectivity index (χ1) is 13.1. The molecule has 7 heteroatoms. The maximum atomic E-state index is 12.2. The van der Waals surface area contributed by atoms with E-state index < -0.39 is 11.8 Å². The first-order valence-corrected chi connectivity index (χ1v) is 8.86. The Morgan fingerprint density at radius 3 is 2.74 bits per heavy atom. The quantitative estimate of drug-likeness (QED) is 0.620. The summed E-state index contributed by atoms with van der Waals surface area (Å²) in [6, 6.07) is 11.3. The molecule has 0 bridgehead atoms. The van der Waals surface area contributed by atoms with E-state index in [-0.39, 0.29) is 12.1 Å². The zero-order valence-electron chi connectivity index (χ0n) is 14.9. The minimum Gasteiger partial charge on any atom is -0.474 e. The molecular weight excluding hydrogens is 344 g/mol. The Hall–Kier alpha value is -3.35. The van der Waals surface area contributed by atoms with E-state index in [1.165, 1.54) is 0 Å². The molecule has 2 aromatic heterocycles. The molecule has 27 heavy (non-hydrogen) atoms. The van der Waals surface area contributed by atoms with Gasteiger partial charge in [-0.3, -0.25) is 9.59 Å². The zero-order chi connectivity index (χ0) is 18.8. The number of aromatic amines is 1. The number of fused-ring (bicyclic) bond motifs is 1. The Labute approximate surface area is 156 Å². The second-order valence-corrected chi connectivity index (χ2v) is 6.76. The van der Waals surface area contributed by atoms with Crippen LogP contribution < -0.4 is 15.4 Å². The summed E-state index contributed by atoms with van der Waals surface area (Å²) in [6.45, 7) is 1.97. The number of anilines is 1. The molecular formula is C20H20N4O3. The molecule has 1 aliphatic carbocycles. The lowest BCUT2D eigenvalue weighted by atomic mass is 9.89. The van der Waals surface area contributed by atoms with Crippen molar-refractivity contribution >= 4 is 28.4 Å². The fourth-order valence-electron chi connectivity index (χ4n) is 3.08. The van der Waals surface area contributed by atoms with Gasteiger partial charge in [-0.25, -0.2) is 4.98 Å². The molecule has 0 spiro atoms. The average Bonchev–Trinajstić information content (AvgIpc) is 3.04. The first-order valence-electron chi connectivity index (χ1n) is 8.86. The standard InChI is InChI=1S/C20H20N4O3/c1-12-6-7-18(22-10-12)27-14-8-13(9-14)23-19(25)20(26)24-17-11-21-16-5-3-2-4-15(16)17/h2-7,10-11,13-14,21H,8-9H2,1H3,(H,23,25)(H,24,26)/t13-,14-. The maximum absolute atomic E-state index is 12.2. The molecule has 7 nitrogen and oxygen atoms in total. The molecule has 0 saturated heterocycles. The van der Waals surface area contributed by atoms with E-state index in [9.17, 15) is 9.59 Å². The predicted molar refractivity (Wildman–Crippen MR) is 101 cm³/mol. The molecule has 3 N–H and O–H groups in total. The van der Waals surface area contributed by atoms with Crippen molar-refractivity contribution in [1.82, 2.24) is 15.3 Å². The van der Waals surface area contributed by atoms with Crippen LogP contribution in [0.25, 0.3) is 10.9 Å². The van der Waals surface area contributed by atoms with E-state index in [2.05, 4.69) is 20.6 Å². The number of aromatic nitrogens is 2. The highest BCUT2D eigenvalue weighted by Crippen LogP contribution is 2.25. The Morgan fingerprint density at radius 1 is 1.15 bits per heavy atom. The van der Waals surface area contributed by atoms with Crippen LogP contribution in [0.1, 0.15) is 18.4 Å². The van der Waals surface area contributed by atoms with Gasteiger partial charge in [-0.05, 0) is 18.6 Å². The Bertz CT molecular complexity index is 974. The fraction of sp³-hybridized carbons (Fsp3) is 0.250. The van der Waals surface area contributed by atoms with Crippen LogP contribution in [-0.4, -0.2) is 33.9 Å². The molecule has 0 atom stereocenters. The third-order valence-corrected chi connectivity index (χ3v) is 4.65. The lowest BCUT2D eigenvalue weighted by Crippen LogP contribution is -2.51. The second kappa shape index (κ2) is 7.11. The first kappa shape index (κ1) is 17.1. The Kier molecular flexibility index (Phi) is 4.50. The largest absolute Gasteiger partial charge is 0.474 e. The van der Waals surface area contributed by atoms with Crippen molar-refractivity contribution in [3.05, 3.63) is 54.4 Å². The van der Waals surface area contributed by atoms with E-state index in [0.29, 0.717) is 24.4 Å². The summed E-state index contributed by atoms with van der Waals surface area (Å²) in [6.07, 6.45) is 4.74. The summed E-state index contributed by atoms with van der Waals surface area (Å²) >= 11 is 0. The average molecular weight is 364 g/mol. The number of rotatable bonds is 4. The van der Waals surface area contributed by atoms with Gasteiger partial charge in [0.2, 0.25) is 5.88 Å². The highest BCUT2D eigenvalue weighted by Gasteiger charge is 2.33. The van der Waals surface area contributed by atoms with Gasteiger partial charge in [0.1, 0.15) is 6.10 Å². The van der Waals surface area contributed by atoms with Crippen molar-refractivity contribution in [2.24, 2.45) is 0 Å². The second-order valence-electron chi connectivity index (χ2n) is 6.76. The van der Waals surface area contributed by atoms with Crippen molar-refractivity contribution < 1.29 is 14.3 Å². The highest BCUT2D eigenvalue weighted by atomic mass is 16.5. The SMILES string of the molecule is Cc1ccc(O[C@H]2C[C@H](NC(=O)C(=O)Nc3c[nH]c4ccccc34)C2)nc1. The lowest BCUT2D eigenvalue weighted by molar-refractivity contribution is -0.137. The number of carbonyl (C=O) groups is 2. The van der Waals surface area contributed by atoms with Gasteiger partial charge in [0.15, 0.2) is 0 Å². The molecule has 138 valence electrons. The monoisotopic (exact) mass is 364 g/mol. The number of hydrogen-bond acceptors (Lipinski definition) is 4. The third-order valence-electron chi connectivity index (χ3n) is 4.65.